The van der Waals surface area contributed by atoms with Crippen molar-refractivity contribution in [2.75, 3.05) is 13.1 Å². The third-order valence-corrected chi connectivity index (χ3v) is 8.06. The molecule has 0 spiro atoms. The SMILES string of the molecule is CC1CN(C(=O)c2ccc[nH]2)Cc2c(C(=O)NC3CCCN(C(=O)O)C3C(C)(C)C)nn(Cc3ccc(F)cc3)c21. The average Bonchev–Trinajstić information content (AvgIpc) is 3.58. The number of hydrogen-bond donors (Lipinski definition) is 3. The molecule has 41 heavy (non-hydrogen) atoms. The van der Waals surface area contributed by atoms with E-state index >= 15 is 0 Å². The van der Waals surface area contributed by atoms with Crippen molar-refractivity contribution < 1.29 is 23.9 Å². The van der Waals surface area contributed by atoms with Crippen molar-refractivity contribution in [3.63, 3.8) is 0 Å². The maximum atomic E-state index is 13.9. The van der Waals surface area contributed by atoms with Crippen LogP contribution < -0.4 is 5.32 Å². The molecule has 0 saturated carbocycles. The number of piperidine rings is 1. The summed E-state index contributed by atoms with van der Waals surface area (Å²) in [7, 11) is 0. The van der Waals surface area contributed by atoms with E-state index in [2.05, 4.69) is 10.3 Å². The normalized spacial score (nSPS) is 21.0. The number of aromatic amines is 1. The van der Waals surface area contributed by atoms with Gasteiger partial charge in [-0.1, -0.05) is 39.8 Å². The Balaban J connectivity index is 1.50. The topological polar surface area (TPSA) is 124 Å². The Morgan fingerprint density at radius 2 is 1.90 bits per heavy atom. The molecule has 2 aliphatic heterocycles. The highest BCUT2D eigenvalue weighted by Gasteiger charge is 2.43. The van der Waals surface area contributed by atoms with Crippen LogP contribution in [0.2, 0.25) is 0 Å². The summed E-state index contributed by atoms with van der Waals surface area (Å²) in [5, 5.41) is 17.8. The van der Waals surface area contributed by atoms with Crippen LogP contribution in [0.5, 0.6) is 0 Å². The summed E-state index contributed by atoms with van der Waals surface area (Å²) in [6.07, 6.45) is 1.97. The van der Waals surface area contributed by atoms with E-state index in [0.29, 0.717) is 43.7 Å². The first-order valence-corrected chi connectivity index (χ1v) is 14.0. The van der Waals surface area contributed by atoms with E-state index in [4.69, 9.17) is 5.10 Å². The molecule has 218 valence electrons. The molecule has 1 saturated heterocycles. The van der Waals surface area contributed by atoms with Gasteiger partial charge in [-0.05, 0) is 48.1 Å². The first kappa shape index (κ1) is 28.4. The highest BCUT2D eigenvalue weighted by Crippen LogP contribution is 2.34. The lowest BCUT2D eigenvalue weighted by Gasteiger charge is -2.46. The maximum absolute atomic E-state index is 13.9. The van der Waals surface area contributed by atoms with Crippen molar-refractivity contribution in [1.82, 2.24) is 29.9 Å². The van der Waals surface area contributed by atoms with Crippen LogP contribution in [0.1, 0.15) is 84.3 Å². The number of nitrogens with one attached hydrogen (secondary N) is 2. The van der Waals surface area contributed by atoms with E-state index in [1.807, 2.05) is 27.7 Å². The van der Waals surface area contributed by atoms with Crippen molar-refractivity contribution in [3.8, 4) is 0 Å². The van der Waals surface area contributed by atoms with Gasteiger partial charge in [-0.3, -0.25) is 14.3 Å². The predicted molar refractivity (Wildman–Crippen MR) is 150 cm³/mol. The zero-order valence-corrected chi connectivity index (χ0v) is 23.9. The monoisotopic (exact) mass is 564 g/mol. The lowest BCUT2D eigenvalue weighted by molar-refractivity contribution is 0.0357. The Morgan fingerprint density at radius 1 is 1.17 bits per heavy atom. The zero-order chi connectivity index (χ0) is 29.5. The molecule has 1 aromatic carbocycles. The number of fused-ring (bicyclic) bond motifs is 1. The second-order valence-electron chi connectivity index (χ2n) is 12.2. The van der Waals surface area contributed by atoms with Gasteiger partial charge in [0.1, 0.15) is 11.5 Å². The fourth-order valence-corrected chi connectivity index (χ4v) is 6.42. The van der Waals surface area contributed by atoms with Crippen LogP contribution in [0.4, 0.5) is 9.18 Å². The Morgan fingerprint density at radius 3 is 2.54 bits per heavy atom. The molecule has 5 rings (SSSR count). The highest BCUT2D eigenvalue weighted by atomic mass is 19.1. The molecule has 10 nitrogen and oxygen atoms in total. The minimum atomic E-state index is -1.00. The maximum Gasteiger partial charge on any atom is 0.407 e. The van der Waals surface area contributed by atoms with Gasteiger partial charge in [-0.2, -0.15) is 5.10 Å². The standard InChI is InChI=1S/C30H37FN6O4/c1-18-15-35(28(39)23-7-5-13-32-23)17-21-24(34-37(25(18)21)16-19-9-11-20(31)12-10-19)27(38)33-22-8-6-14-36(29(40)41)26(22)30(2,3)4/h5,7,9-13,18,22,26,32H,6,8,14-17H2,1-4H3,(H,33,38)(H,40,41). The van der Waals surface area contributed by atoms with Gasteiger partial charge in [-0.25, -0.2) is 9.18 Å². The number of amides is 3. The molecule has 0 aliphatic carbocycles. The number of rotatable bonds is 5. The number of nitrogens with zero attached hydrogens (tertiary/aromatic N) is 4. The van der Waals surface area contributed by atoms with Gasteiger partial charge in [0.05, 0.1) is 25.2 Å². The zero-order valence-electron chi connectivity index (χ0n) is 23.9. The van der Waals surface area contributed by atoms with Crippen LogP contribution >= 0.6 is 0 Å². The largest absolute Gasteiger partial charge is 0.465 e. The number of benzene rings is 1. The number of likely N-dealkylation sites (tertiary alicyclic amines) is 1. The molecule has 3 unspecified atom stereocenters. The first-order valence-electron chi connectivity index (χ1n) is 14.0. The van der Waals surface area contributed by atoms with Crippen molar-refractivity contribution in [2.24, 2.45) is 5.41 Å². The van der Waals surface area contributed by atoms with Gasteiger partial charge >= 0.3 is 6.09 Å². The van der Waals surface area contributed by atoms with Crippen LogP contribution in [-0.4, -0.2) is 72.8 Å². The van der Waals surface area contributed by atoms with Crippen LogP contribution in [0, 0.1) is 11.2 Å². The number of hydrogen-bond acceptors (Lipinski definition) is 4. The van der Waals surface area contributed by atoms with Crippen molar-refractivity contribution in [1.29, 1.82) is 0 Å². The predicted octanol–water partition coefficient (Wildman–Crippen LogP) is 4.45. The number of carbonyl (C=O) groups is 3. The quantitative estimate of drug-likeness (QED) is 0.423. The second-order valence-corrected chi connectivity index (χ2v) is 12.2. The number of carboxylic acid groups (broad SMARTS) is 1. The summed E-state index contributed by atoms with van der Waals surface area (Å²) in [4.78, 5) is 45.4. The smallest absolute Gasteiger partial charge is 0.407 e. The molecule has 11 heteroatoms. The number of aromatic nitrogens is 3. The van der Waals surface area contributed by atoms with E-state index < -0.39 is 29.5 Å². The number of carbonyl (C=O) groups excluding carboxylic acids is 2. The molecule has 3 amide bonds. The summed E-state index contributed by atoms with van der Waals surface area (Å²) < 4.78 is 15.3. The molecule has 1 fully saturated rings. The summed E-state index contributed by atoms with van der Waals surface area (Å²) in [5.74, 6) is -1.01. The lowest BCUT2D eigenvalue weighted by atomic mass is 9.77. The minimum absolute atomic E-state index is 0.119. The van der Waals surface area contributed by atoms with Gasteiger partial charge in [0, 0.05) is 36.5 Å². The third kappa shape index (κ3) is 5.71. The Bertz CT molecular complexity index is 1430. The molecule has 2 aliphatic rings. The molecule has 0 radical (unpaired) electrons. The van der Waals surface area contributed by atoms with Gasteiger partial charge in [0.15, 0.2) is 5.69 Å². The van der Waals surface area contributed by atoms with Gasteiger partial charge < -0.3 is 25.2 Å². The van der Waals surface area contributed by atoms with E-state index in [-0.39, 0.29) is 29.9 Å². The third-order valence-electron chi connectivity index (χ3n) is 8.06. The summed E-state index contributed by atoms with van der Waals surface area (Å²) >= 11 is 0. The van der Waals surface area contributed by atoms with E-state index in [9.17, 15) is 23.9 Å². The van der Waals surface area contributed by atoms with Crippen molar-refractivity contribution in [3.05, 3.63) is 76.6 Å². The molecule has 2 aromatic heterocycles. The molecular weight excluding hydrogens is 527 g/mol. The number of H-pyrrole nitrogens is 1. The molecular formula is C30H37FN6O4. The number of halogens is 1. The van der Waals surface area contributed by atoms with E-state index in [1.54, 1.807) is 40.0 Å². The summed E-state index contributed by atoms with van der Waals surface area (Å²) in [6, 6.07) is 8.83. The summed E-state index contributed by atoms with van der Waals surface area (Å²) in [5.41, 5.74) is 2.64. The van der Waals surface area contributed by atoms with Crippen LogP contribution in [0.25, 0.3) is 0 Å². The van der Waals surface area contributed by atoms with Crippen LogP contribution in [-0.2, 0) is 13.1 Å². The molecule has 3 N–H and O–H groups in total. The van der Waals surface area contributed by atoms with Crippen LogP contribution in [0.3, 0.4) is 0 Å². The van der Waals surface area contributed by atoms with Crippen molar-refractivity contribution in [2.45, 2.75) is 71.6 Å². The molecule has 4 heterocycles. The second kappa shape index (κ2) is 11.0. The Labute approximate surface area is 238 Å². The van der Waals surface area contributed by atoms with Gasteiger partial charge in [0.25, 0.3) is 11.8 Å². The van der Waals surface area contributed by atoms with E-state index in [0.717, 1.165) is 11.3 Å². The summed E-state index contributed by atoms with van der Waals surface area (Å²) in [6.45, 7) is 9.33. The first-order chi connectivity index (χ1) is 19.4. The lowest BCUT2D eigenvalue weighted by Crippen LogP contribution is -2.61. The minimum Gasteiger partial charge on any atom is -0.465 e. The van der Waals surface area contributed by atoms with Crippen LogP contribution in [0.15, 0.2) is 42.6 Å². The average molecular weight is 565 g/mol. The molecule has 3 atom stereocenters. The van der Waals surface area contributed by atoms with Gasteiger partial charge in [-0.15, -0.1) is 0 Å². The van der Waals surface area contributed by atoms with E-state index in [1.165, 1.54) is 17.0 Å². The highest BCUT2D eigenvalue weighted by molar-refractivity contribution is 5.96. The van der Waals surface area contributed by atoms with Gasteiger partial charge in [0.2, 0.25) is 0 Å². The molecule has 3 aromatic rings. The molecule has 0 bridgehead atoms. The fraction of sp³-hybridized carbons (Fsp3) is 0.467. The van der Waals surface area contributed by atoms with Crippen molar-refractivity contribution >= 4 is 17.9 Å². The Kier molecular flexibility index (Phi) is 7.63. The Hall–Kier alpha value is -4.15. The fourth-order valence-electron chi connectivity index (χ4n) is 6.42.